The van der Waals surface area contributed by atoms with Crippen molar-refractivity contribution in [3.05, 3.63) is 60.2 Å². The van der Waals surface area contributed by atoms with Gasteiger partial charge >= 0.3 is 6.09 Å². The molecule has 0 heterocycles. The first-order valence-corrected chi connectivity index (χ1v) is 8.03. The van der Waals surface area contributed by atoms with Gasteiger partial charge < -0.3 is 20.5 Å². The van der Waals surface area contributed by atoms with Gasteiger partial charge in [0.1, 0.15) is 18.4 Å². The molecule has 0 fully saturated rings. The lowest BCUT2D eigenvalue weighted by atomic mass is 10.0. The van der Waals surface area contributed by atoms with E-state index in [1.54, 1.807) is 18.2 Å². The molecule has 0 aliphatic heterocycles. The molecule has 25 heavy (non-hydrogen) atoms. The van der Waals surface area contributed by atoms with Gasteiger partial charge in [-0.2, -0.15) is 0 Å². The Morgan fingerprint density at radius 2 is 1.68 bits per heavy atom. The Morgan fingerprint density at radius 1 is 1.04 bits per heavy atom. The lowest BCUT2D eigenvalue weighted by Gasteiger charge is -2.21. The number of hydrogen-bond acceptors (Lipinski definition) is 4. The molecule has 0 spiro atoms. The van der Waals surface area contributed by atoms with Gasteiger partial charge in [0, 0.05) is 0 Å². The van der Waals surface area contributed by atoms with E-state index in [4.69, 9.17) is 4.74 Å². The molecule has 2 aromatic rings. The SMILES string of the molecule is CC(C)[C@H](NC(=O)OCc1ccccc1)C(=O)Nc1ccccc1O. The molecule has 2 amide bonds. The van der Waals surface area contributed by atoms with E-state index in [-0.39, 0.29) is 24.0 Å². The molecule has 0 aliphatic carbocycles. The van der Waals surface area contributed by atoms with Crippen LogP contribution in [0.4, 0.5) is 10.5 Å². The first-order valence-electron chi connectivity index (χ1n) is 8.03. The molecule has 0 bridgehead atoms. The third-order valence-electron chi connectivity index (χ3n) is 3.60. The lowest BCUT2D eigenvalue weighted by Crippen LogP contribution is -2.47. The molecule has 6 heteroatoms. The van der Waals surface area contributed by atoms with Crippen LogP contribution in [-0.2, 0) is 16.1 Å². The van der Waals surface area contributed by atoms with Gasteiger partial charge in [-0.3, -0.25) is 4.79 Å². The average Bonchev–Trinajstić information content (AvgIpc) is 2.60. The third kappa shape index (κ3) is 5.53. The van der Waals surface area contributed by atoms with Crippen molar-refractivity contribution < 1.29 is 19.4 Å². The number of para-hydroxylation sites is 2. The molecular formula is C19H22N2O4. The monoisotopic (exact) mass is 342 g/mol. The van der Waals surface area contributed by atoms with Crippen LogP contribution in [0.3, 0.4) is 0 Å². The van der Waals surface area contributed by atoms with Crippen molar-refractivity contribution in [1.29, 1.82) is 0 Å². The molecule has 3 N–H and O–H groups in total. The summed E-state index contributed by atoms with van der Waals surface area (Å²) in [5.41, 5.74) is 1.15. The molecule has 0 radical (unpaired) electrons. The zero-order valence-electron chi connectivity index (χ0n) is 14.2. The fraction of sp³-hybridized carbons (Fsp3) is 0.263. The molecule has 0 aromatic heterocycles. The van der Waals surface area contributed by atoms with Crippen LogP contribution in [0.15, 0.2) is 54.6 Å². The Labute approximate surface area is 146 Å². The van der Waals surface area contributed by atoms with Crippen LogP contribution in [0.5, 0.6) is 5.75 Å². The first-order chi connectivity index (χ1) is 12.0. The standard InChI is InChI=1S/C19H22N2O4/c1-13(2)17(18(23)20-15-10-6-7-11-16(15)22)21-19(24)25-12-14-8-4-3-5-9-14/h3-11,13,17,22H,12H2,1-2H3,(H,20,23)(H,21,24)/t17-/m0/s1. The number of phenols is 1. The topological polar surface area (TPSA) is 87.7 Å². The first kappa shape index (κ1) is 18.3. The minimum atomic E-state index is -0.789. The summed E-state index contributed by atoms with van der Waals surface area (Å²) in [6.45, 7) is 3.75. The highest BCUT2D eigenvalue weighted by molar-refractivity contribution is 5.97. The van der Waals surface area contributed by atoms with Crippen molar-refractivity contribution in [2.75, 3.05) is 5.32 Å². The maximum Gasteiger partial charge on any atom is 0.408 e. The smallest absolute Gasteiger partial charge is 0.408 e. The third-order valence-corrected chi connectivity index (χ3v) is 3.60. The number of amides is 2. The van der Waals surface area contributed by atoms with Crippen LogP contribution in [0.25, 0.3) is 0 Å². The zero-order chi connectivity index (χ0) is 18.2. The number of phenolic OH excluding ortho intramolecular Hbond substituents is 1. The second-order valence-electron chi connectivity index (χ2n) is 5.93. The fourth-order valence-electron chi connectivity index (χ4n) is 2.22. The molecule has 0 unspecified atom stereocenters. The van der Waals surface area contributed by atoms with Crippen LogP contribution >= 0.6 is 0 Å². The van der Waals surface area contributed by atoms with E-state index < -0.39 is 18.0 Å². The Morgan fingerprint density at radius 3 is 2.32 bits per heavy atom. The van der Waals surface area contributed by atoms with Gasteiger partial charge in [-0.15, -0.1) is 0 Å². The van der Waals surface area contributed by atoms with Gasteiger partial charge in [0.25, 0.3) is 0 Å². The van der Waals surface area contributed by atoms with Gasteiger partial charge in [-0.1, -0.05) is 56.3 Å². The Balaban J connectivity index is 1.94. The summed E-state index contributed by atoms with van der Waals surface area (Å²) >= 11 is 0. The Bertz CT molecular complexity index is 716. The quantitative estimate of drug-likeness (QED) is 0.703. The summed E-state index contributed by atoms with van der Waals surface area (Å²) in [5, 5.41) is 14.9. The second kappa shape index (κ2) is 8.73. The van der Waals surface area contributed by atoms with Gasteiger partial charge in [0.2, 0.25) is 5.91 Å². The molecule has 2 rings (SSSR count). The second-order valence-corrected chi connectivity index (χ2v) is 5.93. The summed E-state index contributed by atoms with van der Waals surface area (Å²) in [5.74, 6) is -0.617. The predicted molar refractivity (Wildman–Crippen MR) is 95.1 cm³/mol. The number of aromatic hydroxyl groups is 1. The highest BCUT2D eigenvalue weighted by atomic mass is 16.5. The van der Waals surface area contributed by atoms with E-state index in [2.05, 4.69) is 10.6 Å². The number of carbonyl (C=O) groups is 2. The van der Waals surface area contributed by atoms with E-state index in [0.717, 1.165) is 5.56 Å². The Kier molecular flexibility index (Phi) is 6.39. The van der Waals surface area contributed by atoms with Gasteiger partial charge in [-0.25, -0.2) is 4.79 Å². The minimum absolute atomic E-state index is 0.0370. The number of carbonyl (C=O) groups excluding carboxylic acids is 2. The van der Waals surface area contributed by atoms with E-state index in [1.807, 2.05) is 44.2 Å². The van der Waals surface area contributed by atoms with Crippen molar-refractivity contribution in [1.82, 2.24) is 5.32 Å². The van der Waals surface area contributed by atoms with Gasteiger partial charge in [0.05, 0.1) is 5.69 Å². The van der Waals surface area contributed by atoms with Crippen molar-refractivity contribution >= 4 is 17.7 Å². The van der Waals surface area contributed by atoms with Crippen LogP contribution in [-0.4, -0.2) is 23.1 Å². The van der Waals surface area contributed by atoms with E-state index in [0.29, 0.717) is 0 Å². The van der Waals surface area contributed by atoms with Gasteiger partial charge in [0.15, 0.2) is 0 Å². The average molecular weight is 342 g/mol. The summed E-state index contributed by atoms with van der Waals surface area (Å²) in [7, 11) is 0. The number of benzene rings is 2. The van der Waals surface area contributed by atoms with E-state index >= 15 is 0 Å². The number of alkyl carbamates (subject to hydrolysis) is 1. The van der Waals surface area contributed by atoms with Crippen LogP contribution in [0.1, 0.15) is 19.4 Å². The normalized spacial score (nSPS) is 11.6. The van der Waals surface area contributed by atoms with Gasteiger partial charge in [-0.05, 0) is 23.6 Å². The Hall–Kier alpha value is -3.02. The van der Waals surface area contributed by atoms with Crippen LogP contribution in [0, 0.1) is 5.92 Å². The van der Waals surface area contributed by atoms with Crippen LogP contribution < -0.4 is 10.6 Å². The molecule has 0 saturated carbocycles. The predicted octanol–water partition coefficient (Wildman–Crippen LogP) is 3.28. The van der Waals surface area contributed by atoms with Crippen molar-refractivity contribution in [3.63, 3.8) is 0 Å². The summed E-state index contributed by atoms with van der Waals surface area (Å²) in [6, 6.07) is 14.9. The zero-order valence-corrected chi connectivity index (χ0v) is 14.2. The largest absolute Gasteiger partial charge is 0.506 e. The van der Waals surface area contributed by atoms with E-state index in [9.17, 15) is 14.7 Å². The molecule has 1 atom stereocenters. The van der Waals surface area contributed by atoms with Crippen molar-refractivity contribution in [2.45, 2.75) is 26.5 Å². The highest BCUT2D eigenvalue weighted by Gasteiger charge is 2.25. The molecule has 0 aliphatic rings. The number of anilines is 1. The number of hydrogen-bond donors (Lipinski definition) is 3. The fourth-order valence-corrected chi connectivity index (χ4v) is 2.22. The molecule has 132 valence electrons. The summed E-state index contributed by atoms with van der Waals surface area (Å²) in [4.78, 5) is 24.4. The van der Waals surface area contributed by atoms with Crippen molar-refractivity contribution in [2.24, 2.45) is 5.92 Å². The maximum atomic E-state index is 12.4. The summed E-state index contributed by atoms with van der Waals surface area (Å²) in [6.07, 6.45) is -0.671. The van der Waals surface area contributed by atoms with E-state index in [1.165, 1.54) is 6.07 Å². The number of ether oxygens (including phenoxy) is 1. The number of rotatable bonds is 6. The number of nitrogens with one attached hydrogen (secondary N) is 2. The molecule has 6 nitrogen and oxygen atoms in total. The molecule has 0 saturated heterocycles. The minimum Gasteiger partial charge on any atom is -0.506 e. The van der Waals surface area contributed by atoms with Crippen LogP contribution in [0.2, 0.25) is 0 Å². The maximum absolute atomic E-state index is 12.4. The lowest BCUT2D eigenvalue weighted by molar-refractivity contribution is -0.119. The molecule has 2 aromatic carbocycles. The molecular weight excluding hydrogens is 320 g/mol. The van der Waals surface area contributed by atoms with Crippen molar-refractivity contribution in [3.8, 4) is 5.75 Å². The highest BCUT2D eigenvalue weighted by Crippen LogP contribution is 2.22. The summed E-state index contributed by atoms with van der Waals surface area (Å²) < 4.78 is 5.15.